The van der Waals surface area contributed by atoms with Gasteiger partial charge in [-0.3, -0.25) is 0 Å². The second-order valence-corrected chi connectivity index (χ2v) is 12.1. The van der Waals surface area contributed by atoms with Gasteiger partial charge in [0.05, 0.1) is 45.2 Å². The number of aliphatic carboxylic acids is 1. The maximum Gasteiger partial charge on any atom is 0.416 e. The first-order chi connectivity index (χ1) is 21.7. The van der Waals surface area contributed by atoms with Crippen molar-refractivity contribution in [1.82, 2.24) is 4.57 Å². The van der Waals surface area contributed by atoms with Gasteiger partial charge in [-0.25, -0.2) is 22.3 Å². The molecule has 0 aliphatic carbocycles. The van der Waals surface area contributed by atoms with Crippen LogP contribution < -0.4 is 14.4 Å². The fourth-order valence-electron chi connectivity index (χ4n) is 5.58. The van der Waals surface area contributed by atoms with Gasteiger partial charge in [0.25, 0.3) is 5.82 Å². The first-order valence-corrected chi connectivity index (χ1v) is 16.3. The number of halogens is 3. The normalized spacial score (nSPS) is 14.9. The molecule has 1 N–H and O–H groups in total. The lowest BCUT2D eigenvalue weighted by atomic mass is 10.1. The quantitative estimate of drug-likeness (QED) is 0.156. The van der Waals surface area contributed by atoms with Crippen molar-refractivity contribution < 1.29 is 40.6 Å². The number of aromatic nitrogens is 2. The van der Waals surface area contributed by atoms with Gasteiger partial charge in [-0.2, -0.15) is 18.4 Å². The van der Waals surface area contributed by atoms with E-state index in [9.17, 15) is 41.3 Å². The lowest BCUT2D eigenvalue weighted by Gasteiger charge is -2.25. The first-order valence-electron chi connectivity index (χ1n) is 14.7. The van der Waals surface area contributed by atoms with Crippen LogP contribution in [0.2, 0.25) is 0 Å². The van der Waals surface area contributed by atoms with Crippen molar-refractivity contribution in [3.63, 3.8) is 0 Å². The van der Waals surface area contributed by atoms with Gasteiger partial charge < -0.3 is 19.5 Å². The van der Waals surface area contributed by atoms with Crippen LogP contribution >= 0.6 is 0 Å². The van der Waals surface area contributed by atoms with E-state index in [1.54, 1.807) is 45.9 Å². The number of fused-ring (bicyclic) bond motifs is 2. The minimum absolute atomic E-state index is 0.000268. The van der Waals surface area contributed by atoms with Crippen molar-refractivity contribution in [1.29, 1.82) is 5.26 Å². The van der Waals surface area contributed by atoms with E-state index in [1.165, 1.54) is 6.07 Å². The molecule has 0 atom stereocenters. The highest BCUT2D eigenvalue weighted by molar-refractivity contribution is 7.85. The highest BCUT2D eigenvalue weighted by Crippen LogP contribution is 2.44. The van der Waals surface area contributed by atoms with E-state index in [0.717, 1.165) is 23.2 Å². The molecule has 0 bridgehead atoms. The molecular formula is C32H34F3N5O5S. The highest BCUT2D eigenvalue weighted by atomic mass is 32.2. The van der Waals surface area contributed by atoms with Crippen molar-refractivity contribution in [2.75, 3.05) is 28.6 Å². The molecule has 0 unspecified atom stereocenters. The molecule has 0 saturated carbocycles. The van der Waals surface area contributed by atoms with Crippen molar-refractivity contribution in [3.05, 3.63) is 83.0 Å². The number of hydrogen-bond acceptors (Lipinski definition) is 7. The van der Waals surface area contributed by atoms with Crippen molar-refractivity contribution >= 4 is 44.6 Å². The number of aryl methyl sites for hydroxylation is 1. The Hall–Kier alpha value is -4.61. The van der Waals surface area contributed by atoms with E-state index in [0.29, 0.717) is 47.9 Å². The molecular weight excluding hydrogens is 623 g/mol. The zero-order valence-electron chi connectivity index (χ0n) is 25.6. The van der Waals surface area contributed by atoms with Gasteiger partial charge in [-0.15, -0.1) is 0 Å². The molecule has 244 valence electrons. The number of nitriles is 1. The summed E-state index contributed by atoms with van der Waals surface area (Å²) in [7, 11) is -4.52. The number of allylic oxidation sites excluding steroid dienone is 4. The van der Waals surface area contributed by atoms with Crippen LogP contribution in [0.4, 0.5) is 24.5 Å². The van der Waals surface area contributed by atoms with E-state index < -0.39 is 33.6 Å². The molecule has 46 heavy (non-hydrogen) atoms. The van der Waals surface area contributed by atoms with Crippen LogP contribution in [0.15, 0.2) is 66.0 Å². The van der Waals surface area contributed by atoms with Gasteiger partial charge in [0, 0.05) is 31.0 Å². The minimum Gasteiger partial charge on any atom is -0.748 e. The zero-order valence-corrected chi connectivity index (χ0v) is 26.4. The summed E-state index contributed by atoms with van der Waals surface area (Å²) in [6.45, 7) is 6.29. The predicted octanol–water partition coefficient (Wildman–Crippen LogP) is 5.40. The highest BCUT2D eigenvalue weighted by Gasteiger charge is 2.36. The Labute approximate surface area is 265 Å². The standard InChI is InChI=1S/C32H34F3N5O5S/c1-4-22(10-15-30-38(6-3)25-12-8-23(20-36)18-27(25)40(30)21-31(41)42)9-14-29-37(5-2)26-13-11-24(32(33,34)35)19-28(26)39(29)16-7-17-46(43,44)45/h8-15,18-19H,4-7,16-17,21H2,1-3H3,(H-,41,42,43,44,45). The Bertz CT molecular complexity index is 1890. The van der Waals surface area contributed by atoms with Gasteiger partial charge in [0.15, 0.2) is 17.6 Å². The van der Waals surface area contributed by atoms with Gasteiger partial charge in [0.2, 0.25) is 0 Å². The van der Waals surface area contributed by atoms with E-state index in [2.05, 4.69) is 6.07 Å². The maximum atomic E-state index is 13.6. The first kappa shape index (κ1) is 34.3. The number of carbonyl (C=O) groups is 1. The molecule has 2 aromatic carbocycles. The van der Waals surface area contributed by atoms with Gasteiger partial charge in [-0.05, 0) is 68.7 Å². The molecule has 0 radical (unpaired) electrons. The SMILES string of the molecule is CCC(/C=C/c1n(CC(=O)O)c2cc(C#N)ccc2[n+]1CC)=C\C=C1/N(CC)c2ccc(C(F)(F)F)cc2N1CCCS(=O)(=O)[O-]. The maximum absolute atomic E-state index is 13.6. The number of alkyl halides is 3. The molecule has 1 aliphatic heterocycles. The Kier molecular flexibility index (Phi) is 10.3. The number of rotatable bonds is 12. The summed E-state index contributed by atoms with van der Waals surface area (Å²) in [4.78, 5) is 15.2. The molecule has 2 heterocycles. The number of nitrogens with zero attached hydrogens (tertiary/aromatic N) is 5. The van der Waals surface area contributed by atoms with Crippen LogP contribution in [0, 0.1) is 11.3 Å². The zero-order chi connectivity index (χ0) is 33.8. The molecule has 14 heteroatoms. The second-order valence-electron chi connectivity index (χ2n) is 10.6. The smallest absolute Gasteiger partial charge is 0.416 e. The molecule has 0 saturated heterocycles. The minimum atomic E-state index is -4.59. The molecule has 0 spiro atoms. The third-order valence-electron chi connectivity index (χ3n) is 7.68. The van der Waals surface area contributed by atoms with Crippen LogP contribution in [-0.2, 0) is 34.2 Å². The number of carboxylic acids is 1. The number of carboxylic acid groups (broad SMARTS) is 1. The van der Waals surface area contributed by atoms with Crippen LogP contribution in [0.3, 0.4) is 0 Å². The second kappa shape index (κ2) is 13.8. The van der Waals surface area contributed by atoms with Crippen molar-refractivity contribution in [2.45, 2.75) is 52.9 Å². The van der Waals surface area contributed by atoms with Gasteiger partial charge in [-0.1, -0.05) is 19.1 Å². The molecule has 10 nitrogen and oxygen atoms in total. The number of benzene rings is 2. The Balaban J connectivity index is 1.79. The summed E-state index contributed by atoms with van der Waals surface area (Å²) in [5.74, 6) is -0.585. The Morgan fingerprint density at radius 1 is 1.11 bits per heavy atom. The summed E-state index contributed by atoms with van der Waals surface area (Å²) in [5.41, 5.74) is 2.51. The third kappa shape index (κ3) is 7.43. The van der Waals surface area contributed by atoms with E-state index in [4.69, 9.17) is 0 Å². The molecule has 0 amide bonds. The monoisotopic (exact) mass is 657 g/mol. The van der Waals surface area contributed by atoms with Gasteiger partial charge >= 0.3 is 12.1 Å². The summed E-state index contributed by atoms with van der Waals surface area (Å²) < 4.78 is 78.3. The Morgan fingerprint density at radius 2 is 1.85 bits per heavy atom. The van der Waals surface area contributed by atoms with Crippen LogP contribution in [0.1, 0.15) is 50.6 Å². The third-order valence-corrected chi connectivity index (χ3v) is 8.47. The van der Waals surface area contributed by atoms with E-state index in [-0.39, 0.29) is 25.2 Å². The number of hydrogen-bond donors (Lipinski definition) is 1. The summed E-state index contributed by atoms with van der Waals surface area (Å²) in [6.07, 6.45) is 3.05. The van der Waals surface area contributed by atoms with Crippen LogP contribution in [0.5, 0.6) is 0 Å². The van der Waals surface area contributed by atoms with Crippen LogP contribution in [0.25, 0.3) is 17.1 Å². The lowest BCUT2D eigenvalue weighted by molar-refractivity contribution is -0.670. The molecule has 3 aromatic rings. The lowest BCUT2D eigenvalue weighted by Crippen LogP contribution is -2.35. The summed E-state index contributed by atoms with van der Waals surface area (Å²) >= 11 is 0. The van der Waals surface area contributed by atoms with E-state index >= 15 is 0 Å². The number of anilines is 2. The topological polar surface area (TPSA) is 134 Å². The molecule has 1 aliphatic rings. The Morgan fingerprint density at radius 3 is 2.43 bits per heavy atom. The molecule has 4 rings (SSSR count). The van der Waals surface area contributed by atoms with Gasteiger partial charge in [0.1, 0.15) is 5.82 Å². The number of imidazole rings is 1. The summed E-state index contributed by atoms with van der Waals surface area (Å²) in [6, 6.07) is 10.6. The predicted molar refractivity (Wildman–Crippen MR) is 167 cm³/mol. The average molecular weight is 658 g/mol. The fourth-order valence-corrected chi connectivity index (χ4v) is 6.06. The average Bonchev–Trinajstić information content (AvgIpc) is 3.45. The van der Waals surface area contributed by atoms with Crippen LogP contribution in [-0.4, -0.2) is 47.5 Å². The molecule has 0 fully saturated rings. The largest absolute Gasteiger partial charge is 0.748 e. The van der Waals surface area contributed by atoms with E-state index in [1.807, 2.05) is 36.3 Å². The fraction of sp³-hybridized carbons (Fsp3) is 0.344. The molecule has 1 aromatic heterocycles. The van der Waals surface area contributed by atoms with Crippen molar-refractivity contribution in [3.8, 4) is 6.07 Å². The summed E-state index contributed by atoms with van der Waals surface area (Å²) in [5, 5.41) is 19.0. The van der Waals surface area contributed by atoms with Crippen molar-refractivity contribution in [2.24, 2.45) is 0 Å².